The number of hydrazone groups is 1. The fourth-order valence-corrected chi connectivity index (χ4v) is 8.66. The summed E-state index contributed by atoms with van der Waals surface area (Å²) >= 11 is 14.2. The molecule has 7 rings (SSSR count). The first-order chi connectivity index (χ1) is 23.3. The Balaban J connectivity index is 1.11. The van der Waals surface area contributed by atoms with Gasteiger partial charge in [0.05, 0.1) is 12.5 Å². The summed E-state index contributed by atoms with van der Waals surface area (Å²) in [6.07, 6.45) is 4.49. The standard InChI is InChI=1S/C38H41Cl2N5O3/c1-48-32-14-12-30(13-15-32)27-44-36(47)37(18-22-43(23-19-37)26-29-10-6-3-7-11-29)38(44)24-33(39)45(41-35(38)40)34(46)31-16-20-42(21-17-31)25-28-8-4-2-5-9-28/h2-15,24,31H,16-23,25-27H2,1H3. The van der Waals surface area contributed by atoms with Crippen molar-refractivity contribution in [2.45, 2.75) is 50.9 Å². The molecule has 4 heterocycles. The molecular weight excluding hydrogens is 645 g/mol. The van der Waals surface area contributed by atoms with Gasteiger partial charge in [0.1, 0.15) is 16.4 Å². The van der Waals surface area contributed by atoms with Crippen molar-refractivity contribution in [2.24, 2.45) is 16.4 Å². The molecule has 2 spiro atoms. The molecule has 3 aromatic rings. The summed E-state index contributed by atoms with van der Waals surface area (Å²) in [7, 11) is 1.63. The lowest BCUT2D eigenvalue weighted by Gasteiger charge is -2.65. The fourth-order valence-electron chi connectivity index (χ4n) is 7.96. The number of rotatable bonds is 8. The van der Waals surface area contributed by atoms with Crippen molar-refractivity contribution in [1.82, 2.24) is 19.7 Å². The van der Waals surface area contributed by atoms with E-state index in [1.165, 1.54) is 16.1 Å². The monoisotopic (exact) mass is 685 g/mol. The summed E-state index contributed by atoms with van der Waals surface area (Å²) < 4.78 is 5.34. The van der Waals surface area contributed by atoms with Gasteiger partial charge in [-0.15, -0.1) is 0 Å². The zero-order chi connectivity index (χ0) is 33.3. The second kappa shape index (κ2) is 13.7. The zero-order valence-electron chi connectivity index (χ0n) is 27.2. The molecule has 0 bridgehead atoms. The largest absolute Gasteiger partial charge is 0.497 e. The van der Waals surface area contributed by atoms with E-state index in [9.17, 15) is 9.59 Å². The van der Waals surface area contributed by atoms with Gasteiger partial charge in [0.2, 0.25) is 5.91 Å². The van der Waals surface area contributed by atoms with Crippen molar-refractivity contribution >= 4 is 40.2 Å². The Hall–Kier alpha value is -3.69. The van der Waals surface area contributed by atoms with E-state index in [2.05, 4.69) is 58.3 Å². The van der Waals surface area contributed by atoms with E-state index >= 15 is 0 Å². The van der Waals surface area contributed by atoms with Gasteiger partial charge in [0.25, 0.3) is 5.91 Å². The number of hydrogen-bond donors (Lipinski definition) is 0. The number of methoxy groups -OCH3 is 1. The molecule has 4 aliphatic rings. The molecule has 8 nitrogen and oxygen atoms in total. The van der Waals surface area contributed by atoms with E-state index < -0.39 is 11.0 Å². The van der Waals surface area contributed by atoms with Gasteiger partial charge in [-0.05, 0) is 86.8 Å². The Morgan fingerprint density at radius 2 is 1.33 bits per heavy atom. The Morgan fingerprint density at radius 1 is 0.792 bits per heavy atom. The fraction of sp³-hybridized carbons (Fsp3) is 0.395. The number of likely N-dealkylation sites (tertiary alicyclic amines) is 3. The predicted octanol–water partition coefficient (Wildman–Crippen LogP) is 6.45. The number of benzene rings is 3. The van der Waals surface area contributed by atoms with Crippen molar-refractivity contribution in [2.75, 3.05) is 33.3 Å². The Labute approximate surface area is 292 Å². The van der Waals surface area contributed by atoms with Gasteiger partial charge in [0, 0.05) is 25.6 Å². The minimum atomic E-state index is -1.04. The number of β-lactam (4-membered cyclic amide) rings is 1. The number of nitrogens with zero attached hydrogens (tertiary/aromatic N) is 5. The van der Waals surface area contributed by atoms with Crippen LogP contribution in [0.4, 0.5) is 0 Å². The van der Waals surface area contributed by atoms with Gasteiger partial charge >= 0.3 is 0 Å². The number of halogens is 2. The van der Waals surface area contributed by atoms with Crippen LogP contribution in [0.25, 0.3) is 0 Å². The minimum absolute atomic E-state index is 0.0392. The first kappa shape index (κ1) is 32.8. The second-order valence-corrected chi connectivity index (χ2v) is 14.1. The smallest absolute Gasteiger partial charge is 0.251 e. The average Bonchev–Trinajstić information content (AvgIpc) is 3.13. The van der Waals surface area contributed by atoms with Gasteiger partial charge in [-0.1, -0.05) is 96.0 Å². The van der Waals surface area contributed by atoms with E-state index in [4.69, 9.17) is 33.0 Å². The SMILES string of the molecule is COc1ccc(CN2C(=O)C3(CCN(Cc4ccccc4)CC3)C23C=C(Cl)N(C(=O)C2CCN(Cc4ccccc4)CC2)N=C3Cl)cc1. The number of carbonyl (C=O) groups excluding carboxylic acids is 2. The van der Waals surface area contributed by atoms with Gasteiger partial charge in [-0.25, -0.2) is 0 Å². The molecule has 0 aliphatic carbocycles. The van der Waals surface area contributed by atoms with E-state index in [0.29, 0.717) is 32.2 Å². The van der Waals surface area contributed by atoms with Crippen molar-refractivity contribution < 1.29 is 14.3 Å². The molecule has 250 valence electrons. The quantitative estimate of drug-likeness (QED) is 0.202. The topological polar surface area (TPSA) is 68.7 Å². The number of amides is 2. The van der Waals surface area contributed by atoms with Crippen molar-refractivity contribution in [1.29, 1.82) is 0 Å². The highest BCUT2D eigenvalue weighted by molar-refractivity contribution is 6.69. The molecule has 3 fully saturated rings. The number of carbonyl (C=O) groups is 2. The van der Waals surface area contributed by atoms with E-state index in [-0.39, 0.29) is 28.1 Å². The number of hydrogen-bond acceptors (Lipinski definition) is 6. The van der Waals surface area contributed by atoms with Crippen LogP contribution in [0, 0.1) is 11.3 Å². The first-order valence-corrected chi connectivity index (χ1v) is 17.5. The van der Waals surface area contributed by atoms with Crippen LogP contribution in [0.15, 0.2) is 101 Å². The van der Waals surface area contributed by atoms with E-state index in [0.717, 1.165) is 50.6 Å². The van der Waals surface area contributed by atoms with Crippen molar-refractivity contribution in [3.05, 3.63) is 113 Å². The van der Waals surface area contributed by atoms with Crippen LogP contribution in [0.1, 0.15) is 42.4 Å². The normalized spacial score (nSPS) is 23.2. The lowest BCUT2D eigenvalue weighted by Crippen LogP contribution is -2.81. The molecule has 0 aromatic heterocycles. The summed E-state index contributed by atoms with van der Waals surface area (Å²) in [6.45, 7) is 5.11. The van der Waals surface area contributed by atoms with Crippen LogP contribution < -0.4 is 4.74 Å². The minimum Gasteiger partial charge on any atom is -0.497 e. The van der Waals surface area contributed by atoms with Crippen molar-refractivity contribution in [3.8, 4) is 5.75 Å². The molecule has 0 radical (unpaired) electrons. The van der Waals surface area contributed by atoms with Gasteiger partial charge in [-0.3, -0.25) is 19.4 Å². The molecule has 2 amide bonds. The Kier molecular flexibility index (Phi) is 9.35. The van der Waals surface area contributed by atoms with Crippen LogP contribution in [0.5, 0.6) is 5.75 Å². The number of piperidine rings is 2. The molecule has 48 heavy (non-hydrogen) atoms. The average molecular weight is 687 g/mol. The lowest BCUT2D eigenvalue weighted by atomic mass is 9.55. The highest BCUT2D eigenvalue weighted by atomic mass is 35.5. The van der Waals surface area contributed by atoms with Gasteiger partial charge in [0.15, 0.2) is 5.17 Å². The predicted molar refractivity (Wildman–Crippen MR) is 188 cm³/mol. The summed E-state index contributed by atoms with van der Waals surface area (Å²) in [4.78, 5) is 34.7. The Morgan fingerprint density at radius 3 is 1.90 bits per heavy atom. The van der Waals surface area contributed by atoms with Crippen LogP contribution in [-0.2, 0) is 29.2 Å². The Bertz CT molecular complexity index is 1680. The number of ether oxygens (including phenoxy) is 1. The summed E-state index contributed by atoms with van der Waals surface area (Å²) in [5.41, 5.74) is 1.60. The molecule has 4 aliphatic heterocycles. The summed E-state index contributed by atoms with van der Waals surface area (Å²) in [5, 5.41) is 6.41. The van der Waals surface area contributed by atoms with Crippen LogP contribution in [-0.4, -0.2) is 75.5 Å². The maximum Gasteiger partial charge on any atom is 0.251 e. The number of fused-ring (bicyclic) bond motifs is 1. The molecule has 1 atom stereocenters. The third kappa shape index (κ3) is 5.93. The lowest BCUT2D eigenvalue weighted by molar-refractivity contribution is -0.184. The van der Waals surface area contributed by atoms with Crippen LogP contribution in [0.2, 0.25) is 0 Å². The molecule has 0 saturated carbocycles. The summed E-state index contributed by atoms with van der Waals surface area (Å²) in [6, 6.07) is 28.4. The first-order valence-electron chi connectivity index (χ1n) is 16.8. The van der Waals surface area contributed by atoms with E-state index in [1.807, 2.05) is 42.5 Å². The highest BCUT2D eigenvalue weighted by Gasteiger charge is 2.73. The third-order valence-corrected chi connectivity index (χ3v) is 11.3. The van der Waals surface area contributed by atoms with Crippen LogP contribution >= 0.6 is 23.2 Å². The van der Waals surface area contributed by atoms with Gasteiger partial charge in [-0.2, -0.15) is 10.1 Å². The molecule has 1 unspecified atom stereocenters. The van der Waals surface area contributed by atoms with Crippen LogP contribution in [0.3, 0.4) is 0 Å². The van der Waals surface area contributed by atoms with Crippen molar-refractivity contribution in [3.63, 3.8) is 0 Å². The molecule has 0 N–H and O–H groups in total. The molecular formula is C38H41Cl2N5O3. The molecule has 3 saturated heterocycles. The van der Waals surface area contributed by atoms with Gasteiger partial charge < -0.3 is 9.64 Å². The molecule has 3 aromatic carbocycles. The third-order valence-electron chi connectivity index (χ3n) is 10.7. The second-order valence-electron chi connectivity index (χ2n) is 13.4. The van der Waals surface area contributed by atoms with E-state index in [1.54, 1.807) is 12.0 Å². The summed E-state index contributed by atoms with van der Waals surface area (Å²) in [5.74, 6) is 0.418. The maximum absolute atomic E-state index is 14.3. The molecule has 10 heteroatoms. The highest BCUT2D eigenvalue weighted by Crippen LogP contribution is 2.59. The zero-order valence-corrected chi connectivity index (χ0v) is 28.7. The maximum atomic E-state index is 14.3.